The van der Waals surface area contributed by atoms with Crippen molar-refractivity contribution in [1.82, 2.24) is 15.1 Å². The SMILES string of the molecule is Cc1ccc(CCC(=O)N2CC[C@@H](CNc3nncs3)[C@@H](F)C2)cc1. The Morgan fingerprint density at radius 1 is 1.40 bits per heavy atom. The molecule has 134 valence electrons. The predicted octanol–water partition coefficient (Wildman–Crippen LogP) is 3.08. The van der Waals surface area contributed by atoms with Gasteiger partial charge in [0.05, 0.1) is 6.54 Å². The summed E-state index contributed by atoms with van der Waals surface area (Å²) in [5.41, 5.74) is 4.00. The molecular formula is C18H23FN4OS. The molecule has 25 heavy (non-hydrogen) atoms. The lowest BCUT2D eigenvalue weighted by Gasteiger charge is -2.34. The van der Waals surface area contributed by atoms with E-state index >= 15 is 0 Å². The number of likely N-dealkylation sites (tertiary alicyclic amines) is 1. The summed E-state index contributed by atoms with van der Waals surface area (Å²) >= 11 is 1.40. The standard InChI is InChI=1S/C18H23FN4OS/c1-13-2-4-14(5-3-13)6-7-17(24)23-9-8-15(16(19)11-23)10-20-18-22-21-12-25-18/h2-5,12,15-16H,6-11H2,1H3,(H,20,22)/t15-,16-/m0/s1. The van der Waals surface area contributed by atoms with E-state index in [1.807, 2.05) is 31.2 Å². The second kappa shape index (κ2) is 8.38. The summed E-state index contributed by atoms with van der Waals surface area (Å²) in [5.74, 6) is -0.0520. The molecule has 0 spiro atoms. The van der Waals surface area contributed by atoms with Crippen molar-refractivity contribution in [3.63, 3.8) is 0 Å². The van der Waals surface area contributed by atoms with Crippen LogP contribution in [0.25, 0.3) is 0 Å². The highest BCUT2D eigenvalue weighted by molar-refractivity contribution is 7.13. The number of hydrogen-bond acceptors (Lipinski definition) is 5. The number of aromatic nitrogens is 2. The molecule has 0 aliphatic carbocycles. The van der Waals surface area contributed by atoms with Crippen LogP contribution < -0.4 is 5.32 Å². The fourth-order valence-corrected chi connectivity index (χ4v) is 3.50. The maximum absolute atomic E-state index is 14.4. The quantitative estimate of drug-likeness (QED) is 0.858. The number of carbonyl (C=O) groups excluding carboxylic acids is 1. The van der Waals surface area contributed by atoms with Crippen molar-refractivity contribution in [2.75, 3.05) is 25.0 Å². The minimum absolute atomic E-state index is 0.0405. The molecular weight excluding hydrogens is 339 g/mol. The van der Waals surface area contributed by atoms with Crippen molar-refractivity contribution in [3.8, 4) is 0 Å². The molecule has 2 heterocycles. The molecule has 0 bridgehead atoms. The number of halogens is 1. The fraction of sp³-hybridized carbons (Fsp3) is 0.500. The van der Waals surface area contributed by atoms with Crippen molar-refractivity contribution in [3.05, 3.63) is 40.9 Å². The Balaban J connectivity index is 1.43. The second-order valence-electron chi connectivity index (χ2n) is 6.51. The van der Waals surface area contributed by atoms with Crippen molar-refractivity contribution >= 4 is 22.4 Å². The molecule has 1 N–H and O–H groups in total. The van der Waals surface area contributed by atoms with Gasteiger partial charge in [0, 0.05) is 25.4 Å². The Bertz CT molecular complexity index is 677. The smallest absolute Gasteiger partial charge is 0.222 e. The highest BCUT2D eigenvalue weighted by Gasteiger charge is 2.31. The third-order valence-electron chi connectivity index (χ3n) is 4.65. The molecule has 1 aromatic carbocycles. The molecule has 3 rings (SSSR count). The lowest BCUT2D eigenvalue weighted by Crippen LogP contribution is -2.46. The van der Waals surface area contributed by atoms with Crippen LogP contribution in [0.3, 0.4) is 0 Å². The van der Waals surface area contributed by atoms with Gasteiger partial charge in [-0.15, -0.1) is 10.2 Å². The number of aryl methyl sites for hydroxylation is 2. The minimum Gasteiger partial charge on any atom is -0.360 e. The zero-order valence-corrected chi connectivity index (χ0v) is 15.1. The van der Waals surface area contributed by atoms with Crippen LogP contribution in [0, 0.1) is 12.8 Å². The van der Waals surface area contributed by atoms with Crippen LogP contribution in [0.1, 0.15) is 24.0 Å². The highest BCUT2D eigenvalue weighted by atomic mass is 32.1. The number of alkyl halides is 1. The van der Waals surface area contributed by atoms with E-state index in [0.29, 0.717) is 37.5 Å². The maximum atomic E-state index is 14.4. The predicted molar refractivity (Wildman–Crippen MR) is 97.5 cm³/mol. The van der Waals surface area contributed by atoms with Gasteiger partial charge in [0.1, 0.15) is 11.7 Å². The van der Waals surface area contributed by atoms with Crippen molar-refractivity contribution < 1.29 is 9.18 Å². The topological polar surface area (TPSA) is 58.1 Å². The molecule has 2 atom stereocenters. The summed E-state index contributed by atoms with van der Waals surface area (Å²) in [7, 11) is 0. The number of nitrogens with zero attached hydrogens (tertiary/aromatic N) is 3. The first-order chi connectivity index (χ1) is 12.1. The Morgan fingerprint density at radius 3 is 2.88 bits per heavy atom. The molecule has 1 aliphatic heterocycles. The molecule has 1 fully saturated rings. The number of piperidine rings is 1. The summed E-state index contributed by atoms with van der Waals surface area (Å²) < 4.78 is 14.4. The zero-order valence-electron chi connectivity index (χ0n) is 14.3. The molecule has 1 aromatic heterocycles. The highest BCUT2D eigenvalue weighted by Crippen LogP contribution is 2.22. The van der Waals surface area contributed by atoms with E-state index in [1.165, 1.54) is 16.9 Å². The number of carbonyl (C=O) groups is 1. The third-order valence-corrected chi connectivity index (χ3v) is 5.30. The van der Waals surface area contributed by atoms with Gasteiger partial charge in [-0.3, -0.25) is 4.79 Å². The van der Waals surface area contributed by atoms with E-state index in [9.17, 15) is 9.18 Å². The number of rotatable bonds is 6. The maximum Gasteiger partial charge on any atom is 0.222 e. The van der Waals surface area contributed by atoms with Crippen LogP contribution in [-0.2, 0) is 11.2 Å². The van der Waals surface area contributed by atoms with E-state index in [4.69, 9.17) is 0 Å². The Morgan fingerprint density at radius 2 is 2.20 bits per heavy atom. The number of amides is 1. The van der Waals surface area contributed by atoms with Crippen LogP contribution >= 0.6 is 11.3 Å². The molecule has 0 radical (unpaired) electrons. The Kier molecular flexibility index (Phi) is 5.96. The van der Waals surface area contributed by atoms with Crippen LogP contribution in [0.2, 0.25) is 0 Å². The van der Waals surface area contributed by atoms with E-state index in [1.54, 1.807) is 10.4 Å². The molecule has 1 amide bonds. The minimum atomic E-state index is -1.00. The second-order valence-corrected chi connectivity index (χ2v) is 7.35. The van der Waals surface area contributed by atoms with Crippen LogP contribution in [0.15, 0.2) is 29.8 Å². The van der Waals surface area contributed by atoms with Gasteiger partial charge in [0.15, 0.2) is 0 Å². The first kappa shape index (κ1) is 17.8. The molecule has 1 saturated heterocycles. The van der Waals surface area contributed by atoms with Gasteiger partial charge in [0.2, 0.25) is 11.0 Å². The first-order valence-electron chi connectivity index (χ1n) is 8.59. The molecule has 2 aromatic rings. The van der Waals surface area contributed by atoms with Gasteiger partial charge in [-0.05, 0) is 25.3 Å². The number of benzene rings is 1. The lowest BCUT2D eigenvalue weighted by molar-refractivity contribution is -0.134. The molecule has 0 saturated carbocycles. The van der Waals surface area contributed by atoms with Gasteiger partial charge in [-0.25, -0.2) is 4.39 Å². The molecule has 1 aliphatic rings. The Hall–Kier alpha value is -2.02. The summed E-state index contributed by atoms with van der Waals surface area (Å²) in [6.07, 6.45) is 0.805. The zero-order chi connectivity index (χ0) is 17.6. The Labute approximate surface area is 151 Å². The summed E-state index contributed by atoms with van der Waals surface area (Å²) in [4.78, 5) is 14.0. The third kappa shape index (κ3) is 4.98. The van der Waals surface area contributed by atoms with E-state index in [2.05, 4.69) is 15.5 Å². The molecule has 5 nitrogen and oxygen atoms in total. The average molecular weight is 362 g/mol. The van der Waals surface area contributed by atoms with Crippen molar-refractivity contribution in [2.45, 2.75) is 32.4 Å². The van der Waals surface area contributed by atoms with Gasteiger partial charge in [-0.1, -0.05) is 41.2 Å². The van der Waals surface area contributed by atoms with Gasteiger partial charge >= 0.3 is 0 Å². The summed E-state index contributed by atoms with van der Waals surface area (Å²) in [5, 5.41) is 11.5. The largest absolute Gasteiger partial charge is 0.360 e. The van der Waals surface area contributed by atoms with Crippen LogP contribution in [0.5, 0.6) is 0 Å². The van der Waals surface area contributed by atoms with Gasteiger partial charge in [-0.2, -0.15) is 0 Å². The normalized spacial score (nSPS) is 20.5. The summed E-state index contributed by atoms with van der Waals surface area (Å²) in [6.45, 7) is 3.38. The molecule has 0 unspecified atom stereocenters. The number of hydrogen-bond donors (Lipinski definition) is 1. The van der Waals surface area contributed by atoms with Crippen molar-refractivity contribution in [2.24, 2.45) is 5.92 Å². The molecule has 7 heteroatoms. The number of nitrogens with one attached hydrogen (secondary N) is 1. The van der Waals surface area contributed by atoms with E-state index < -0.39 is 6.17 Å². The van der Waals surface area contributed by atoms with Crippen LogP contribution in [-0.4, -0.2) is 46.8 Å². The monoisotopic (exact) mass is 362 g/mol. The van der Waals surface area contributed by atoms with Gasteiger partial charge < -0.3 is 10.2 Å². The first-order valence-corrected chi connectivity index (χ1v) is 9.47. The lowest BCUT2D eigenvalue weighted by atomic mass is 9.94. The van der Waals surface area contributed by atoms with Crippen molar-refractivity contribution in [1.29, 1.82) is 0 Å². The van der Waals surface area contributed by atoms with E-state index in [-0.39, 0.29) is 18.4 Å². The van der Waals surface area contributed by atoms with Crippen LogP contribution in [0.4, 0.5) is 9.52 Å². The van der Waals surface area contributed by atoms with Gasteiger partial charge in [0.25, 0.3) is 0 Å². The van der Waals surface area contributed by atoms with E-state index in [0.717, 1.165) is 5.56 Å². The number of anilines is 1. The summed E-state index contributed by atoms with van der Waals surface area (Å²) in [6, 6.07) is 8.19. The average Bonchev–Trinajstić information content (AvgIpc) is 3.13. The fourth-order valence-electron chi connectivity index (χ4n) is 3.04.